The predicted octanol–water partition coefficient (Wildman–Crippen LogP) is 3.47. The van der Waals surface area contributed by atoms with Gasteiger partial charge >= 0.3 is 0 Å². The molecule has 0 aliphatic carbocycles. The van der Waals surface area contributed by atoms with Crippen molar-refractivity contribution >= 4 is 22.9 Å². The van der Waals surface area contributed by atoms with E-state index < -0.39 is 0 Å². The first-order valence-corrected chi connectivity index (χ1v) is 7.98. The van der Waals surface area contributed by atoms with Gasteiger partial charge in [0.25, 0.3) is 5.91 Å². The van der Waals surface area contributed by atoms with Crippen molar-refractivity contribution < 1.29 is 14.3 Å². The minimum Gasteiger partial charge on any atom is -0.493 e. The first-order valence-electron chi connectivity index (χ1n) is 7.10. The highest BCUT2D eigenvalue weighted by Gasteiger charge is 2.13. The number of pyridine rings is 1. The molecule has 7 heteroatoms. The second-order valence-corrected chi connectivity index (χ2v) is 5.66. The number of anilines is 1. The summed E-state index contributed by atoms with van der Waals surface area (Å²) in [5, 5.41) is 5.31. The summed E-state index contributed by atoms with van der Waals surface area (Å²) in [5.41, 5.74) is 1.90. The monoisotopic (exact) mass is 341 g/mol. The maximum absolute atomic E-state index is 12.4. The summed E-state index contributed by atoms with van der Waals surface area (Å²) in [4.78, 5) is 20.7. The first-order chi connectivity index (χ1) is 11.7. The van der Waals surface area contributed by atoms with Crippen molar-refractivity contribution in [2.24, 2.45) is 0 Å². The van der Waals surface area contributed by atoms with Crippen molar-refractivity contribution in [3.63, 3.8) is 0 Å². The van der Waals surface area contributed by atoms with Crippen molar-refractivity contribution in [3.8, 4) is 22.1 Å². The van der Waals surface area contributed by atoms with Crippen molar-refractivity contribution in [3.05, 3.63) is 53.8 Å². The summed E-state index contributed by atoms with van der Waals surface area (Å²) in [6, 6.07) is 8.89. The largest absolute Gasteiger partial charge is 0.493 e. The fraction of sp³-hybridized carbons (Fsp3) is 0.118. The molecular weight excluding hydrogens is 326 g/mol. The number of thiazole rings is 1. The van der Waals surface area contributed by atoms with Crippen LogP contribution in [-0.4, -0.2) is 30.1 Å². The molecule has 1 aromatic carbocycles. The number of methoxy groups -OCH3 is 2. The molecule has 0 saturated heterocycles. The average Bonchev–Trinajstić information content (AvgIpc) is 3.12. The number of rotatable bonds is 5. The first kappa shape index (κ1) is 15.9. The standard InChI is InChI=1S/C17H15N3O3S/c1-22-14-4-3-12(9-15(14)23-2)19-16(21)13-10-24-17(20-13)11-5-7-18-8-6-11/h3-10H,1-2H3,(H,19,21). The average molecular weight is 341 g/mol. The van der Waals surface area contributed by atoms with Gasteiger partial charge in [0.05, 0.1) is 14.2 Å². The third-order valence-corrected chi connectivity index (χ3v) is 4.20. The van der Waals surface area contributed by atoms with E-state index in [-0.39, 0.29) is 5.91 Å². The number of carbonyl (C=O) groups is 1. The quantitative estimate of drug-likeness (QED) is 0.769. The summed E-state index contributed by atoms with van der Waals surface area (Å²) >= 11 is 1.41. The topological polar surface area (TPSA) is 73.3 Å². The van der Waals surface area contributed by atoms with Crippen molar-refractivity contribution in [2.75, 3.05) is 19.5 Å². The third kappa shape index (κ3) is 3.36. The van der Waals surface area contributed by atoms with Gasteiger partial charge in [0.1, 0.15) is 10.7 Å². The molecule has 2 heterocycles. The molecule has 0 atom stereocenters. The molecule has 0 aliphatic rings. The molecule has 3 rings (SSSR count). The van der Waals surface area contributed by atoms with E-state index in [2.05, 4.69) is 15.3 Å². The van der Waals surface area contributed by atoms with Crippen LogP contribution in [0.2, 0.25) is 0 Å². The van der Waals surface area contributed by atoms with Gasteiger partial charge in [-0.25, -0.2) is 4.98 Å². The van der Waals surface area contributed by atoms with Gasteiger partial charge in [-0.05, 0) is 24.3 Å². The van der Waals surface area contributed by atoms with Crippen LogP contribution < -0.4 is 14.8 Å². The lowest BCUT2D eigenvalue weighted by atomic mass is 10.2. The summed E-state index contributed by atoms with van der Waals surface area (Å²) in [5.74, 6) is 0.869. The Hall–Kier alpha value is -2.93. The summed E-state index contributed by atoms with van der Waals surface area (Å²) in [6.45, 7) is 0. The van der Waals surface area contributed by atoms with E-state index >= 15 is 0 Å². The van der Waals surface area contributed by atoms with Crippen LogP contribution in [-0.2, 0) is 0 Å². The molecule has 0 aliphatic heterocycles. The van der Waals surface area contributed by atoms with E-state index in [4.69, 9.17) is 9.47 Å². The lowest BCUT2D eigenvalue weighted by Gasteiger charge is -2.09. The van der Waals surface area contributed by atoms with Crippen molar-refractivity contribution in [1.29, 1.82) is 0 Å². The molecule has 0 bridgehead atoms. The number of hydrogen-bond acceptors (Lipinski definition) is 6. The minimum atomic E-state index is -0.279. The zero-order valence-corrected chi connectivity index (χ0v) is 14.0. The smallest absolute Gasteiger partial charge is 0.275 e. The molecule has 122 valence electrons. The Morgan fingerprint density at radius 2 is 1.83 bits per heavy atom. The zero-order chi connectivity index (χ0) is 16.9. The molecule has 0 spiro atoms. The molecule has 0 unspecified atom stereocenters. The van der Waals surface area contributed by atoms with E-state index in [1.54, 1.807) is 50.2 Å². The van der Waals surface area contributed by atoms with Gasteiger partial charge in [-0.2, -0.15) is 0 Å². The second-order valence-electron chi connectivity index (χ2n) is 4.80. The minimum absolute atomic E-state index is 0.279. The number of benzene rings is 1. The number of hydrogen-bond donors (Lipinski definition) is 1. The lowest BCUT2D eigenvalue weighted by molar-refractivity contribution is 0.102. The van der Waals surface area contributed by atoms with Crippen LogP contribution in [0.5, 0.6) is 11.5 Å². The van der Waals surface area contributed by atoms with Gasteiger partial charge < -0.3 is 14.8 Å². The number of nitrogens with zero attached hydrogens (tertiary/aromatic N) is 2. The second kappa shape index (κ2) is 7.10. The fourth-order valence-corrected chi connectivity index (χ4v) is 2.92. The molecular formula is C17H15N3O3S. The highest BCUT2D eigenvalue weighted by Crippen LogP contribution is 2.30. The number of amides is 1. The van der Waals surface area contributed by atoms with Gasteiger partial charge in [0, 0.05) is 35.1 Å². The normalized spacial score (nSPS) is 10.2. The van der Waals surface area contributed by atoms with Crippen molar-refractivity contribution in [1.82, 2.24) is 9.97 Å². The maximum atomic E-state index is 12.4. The zero-order valence-electron chi connectivity index (χ0n) is 13.1. The molecule has 3 aromatic rings. The van der Waals surface area contributed by atoms with E-state index in [0.29, 0.717) is 22.9 Å². The van der Waals surface area contributed by atoms with Crippen LogP contribution in [0.1, 0.15) is 10.5 Å². The Morgan fingerprint density at radius 3 is 2.54 bits per heavy atom. The highest BCUT2D eigenvalue weighted by molar-refractivity contribution is 7.13. The molecule has 0 radical (unpaired) electrons. The van der Waals surface area contributed by atoms with Crippen LogP contribution in [0.25, 0.3) is 10.6 Å². The van der Waals surface area contributed by atoms with Gasteiger partial charge in [0.15, 0.2) is 11.5 Å². The van der Waals surface area contributed by atoms with Crippen LogP contribution in [0.3, 0.4) is 0 Å². The number of aromatic nitrogens is 2. The van der Waals surface area contributed by atoms with Crippen LogP contribution >= 0.6 is 11.3 Å². The Bertz CT molecular complexity index is 849. The molecule has 0 fully saturated rings. The van der Waals surface area contributed by atoms with Crippen LogP contribution in [0.4, 0.5) is 5.69 Å². The van der Waals surface area contributed by atoms with Gasteiger partial charge in [-0.3, -0.25) is 9.78 Å². The Balaban J connectivity index is 1.77. The summed E-state index contributed by atoms with van der Waals surface area (Å²) in [7, 11) is 3.11. The fourth-order valence-electron chi connectivity index (χ4n) is 2.11. The van der Waals surface area contributed by atoms with E-state index in [1.165, 1.54) is 11.3 Å². The molecule has 6 nitrogen and oxygen atoms in total. The number of ether oxygens (including phenoxy) is 2. The third-order valence-electron chi connectivity index (χ3n) is 3.31. The van der Waals surface area contributed by atoms with Crippen molar-refractivity contribution in [2.45, 2.75) is 0 Å². The maximum Gasteiger partial charge on any atom is 0.275 e. The van der Waals surface area contributed by atoms with E-state index in [0.717, 1.165) is 10.6 Å². The van der Waals surface area contributed by atoms with Crippen LogP contribution in [0.15, 0.2) is 48.1 Å². The SMILES string of the molecule is COc1ccc(NC(=O)c2csc(-c3ccncc3)n2)cc1OC. The van der Waals surface area contributed by atoms with E-state index in [1.807, 2.05) is 12.1 Å². The number of nitrogens with one attached hydrogen (secondary N) is 1. The van der Waals surface area contributed by atoms with Crippen LogP contribution in [0, 0.1) is 0 Å². The summed E-state index contributed by atoms with van der Waals surface area (Å²) < 4.78 is 10.4. The van der Waals surface area contributed by atoms with Gasteiger partial charge in [-0.15, -0.1) is 11.3 Å². The Kier molecular flexibility index (Phi) is 4.72. The van der Waals surface area contributed by atoms with E-state index in [9.17, 15) is 4.79 Å². The molecule has 1 amide bonds. The molecule has 0 saturated carbocycles. The molecule has 2 aromatic heterocycles. The Labute approximate surface area is 143 Å². The highest BCUT2D eigenvalue weighted by atomic mass is 32.1. The Morgan fingerprint density at radius 1 is 1.08 bits per heavy atom. The molecule has 24 heavy (non-hydrogen) atoms. The van der Waals surface area contributed by atoms with Gasteiger partial charge in [0.2, 0.25) is 0 Å². The number of carbonyl (C=O) groups excluding carboxylic acids is 1. The van der Waals surface area contributed by atoms with Gasteiger partial charge in [-0.1, -0.05) is 0 Å². The summed E-state index contributed by atoms with van der Waals surface area (Å²) in [6.07, 6.45) is 3.39. The predicted molar refractivity (Wildman–Crippen MR) is 92.8 cm³/mol. The molecule has 1 N–H and O–H groups in total. The lowest BCUT2D eigenvalue weighted by Crippen LogP contribution is -2.12.